The number of piperazine rings is 1. The fraction of sp³-hybridized carbons (Fsp3) is 0.632. The van der Waals surface area contributed by atoms with Crippen LogP contribution in [0.25, 0.3) is 0 Å². The summed E-state index contributed by atoms with van der Waals surface area (Å²) in [6.07, 6.45) is 6.10. The molecule has 2 fully saturated rings. The second-order valence-electron chi connectivity index (χ2n) is 7.19. The van der Waals surface area contributed by atoms with Crippen molar-refractivity contribution in [1.29, 1.82) is 0 Å². The van der Waals surface area contributed by atoms with Crippen molar-refractivity contribution in [1.82, 2.24) is 9.80 Å². The lowest BCUT2D eigenvalue weighted by atomic mass is 9.99. The Morgan fingerprint density at radius 2 is 1.92 bits per heavy atom. The summed E-state index contributed by atoms with van der Waals surface area (Å²) in [6.45, 7) is 5.77. The highest BCUT2D eigenvalue weighted by Crippen LogP contribution is 2.27. The molecule has 1 atom stereocenters. The van der Waals surface area contributed by atoms with Gasteiger partial charge in [0.15, 0.2) is 0 Å². The van der Waals surface area contributed by atoms with Crippen molar-refractivity contribution >= 4 is 21.8 Å². The van der Waals surface area contributed by atoms with Gasteiger partial charge in [0, 0.05) is 38.1 Å². The summed E-state index contributed by atoms with van der Waals surface area (Å²) in [5.74, 6) is 0.463. The van der Waals surface area contributed by atoms with Crippen LogP contribution in [0.4, 0.5) is 0 Å². The van der Waals surface area contributed by atoms with Gasteiger partial charge in [0.25, 0.3) is 0 Å². The van der Waals surface area contributed by atoms with Crippen LogP contribution in [0, 0.1) is 5.92 Å². The highest BCUT2D eigenvalue weighted by atomic mass is 79.9. The molecule has 1 aliphatic heterocycles. The Hall–Kier alpha value is -1.07. The zero-order chi connectivity index (χ0) is 17.1. The molecule has 1 aromatic carbocycles. The quantitative estimate of drug-likeness (QED) is 0.850. The van der Waals surface area contributed by atoms with Crippen LogP contribution >= 0.6 is 15.9 Å². The summed E-state index contributed by atoms with van der Waals surface area (Å²) in [5, 5.41) is 9.58. The number of rotatable bonds is 4. The number of hydrogen-bond donors (Lipinski definition) is 1. The highest BCUT2D eigenvalue weighted by molar-refractivity contribution is 9.10. The number of carbonyl (C=O) groups is 1. The average molecular weight is 395 g/mol. The third-order valence-electron chi connectivity index (χ3n) is 5.44. The van der Waals surface area contributed by atoms with E-state index in [1.54, 1.807) is 6.07 Å². The monoisotopic (exact) mass is 394 g/mol. The van der Waals surface area contributed by atoms with Crippen LogP contribution < -0.4 is 0 Å². The van der Waals surface area contributed by atoms with E-state index in [0.717, 1.165) is 37.8 Å². The molecule has 1 N–H and O–H groups in total. The Bertz CT molecular complexity index is 579. The second kappa shape index (κ2) is 7.87. The Labute approximate surface area is 153 Å². The maximum atomic E-state index is 12.7. The van der Waals surface area contributed by atoms with Crippen molar-refractivity contribution in [3.63, 3.8) is 0 Å². The van der Waals surface area contributed by atoms with E-state index in [-0.39, 0.29) is 17.6 Å². The molecule has 2 aliphatic rings. The van der Waals surface area contributed by atoms with Crippen molar-refractivity contribution in [2.24, 2.45) is 5.92 Å². The molecule has 4 nitrogen and oxygen atoms in total. The Morgan fingerprint density at radius 1 is 1.25 bits per heavy atom. The van der Waals surface area contributed by atoms with E-state index in [4.69, 9.17) is 0 Å². The summed E-state index contributed by atoms with van der Waals surface area (Å²) in [6, 6.07) is 6.23. The fourth-order valence-corrected chi connectivity index (χ4v) is 4.43. The Balaban J connectivity index is 1.51. The summed E-state index contributed by atoms with van der Waals surface area (Å²) in [7, 11) is 0. The van der Waals surface area contributed by atoms with Gasteiger partial charge in [-0.15, -0.1) is 0 Å². The first-order valence-corrected chi connectivity index (χ1v) is 9.84. The Kier molecular flexibility index (Phi) is 5.82. The van der Waals surface area contributed by atoms with Gasteiger partial charge in [-0.3, -0.25) is 9.69 Å². The molecule has 0 bridgehead atoms. The van der Waals surface area contributed by atoms with Crippen LogP contribution in [0.5, 0.6) is 5.75 Å². The van der Waals surface area contributed by atoms with E-state index in [0.29, 0.717) is 10.9 Å². The molecule has 132 valence electrons. The first kappa shape index (κ1) is 17.7. The standard InChI is InChI=1S/C19H27BrN2O2/c1-14(12-15-6-7-18(23)17(20)13-15)19(24)22-10-8-21(9-11-22)16-4-2-3-5-16/h6-7,13-14,16,23H,2-5,8-12H2,1H3/t14-/m1/s1. The lowest BCUT2D eigenvalue weighted by Gasteiger charge is -2.39. The fourth-order valence-electron chi connectivity index (χ4n) is 4.01. The normalized spacial score (nSPS) is 21.2. The number of hydrogen-bond acceptors (Lipinski definition) is 3. The minimum absolute atomic E-state index is 0.0283. The molecule has 0 radical (unpaired) electrons. The summed E-state index contributed by atoms with van der Waals surface area (Å²) >= 11 is 3.34. The number of aromatic hydroxyl groups is 1. The van der Waals surface area contributed by atoms with E-state index >= 15 is 0 Å². The first-order chi connectivity index (χ1) is 11.5. The third-order valence-corrected chi connectivity index (χ3v) is 6.08. The summed E-state index contributed by atoms with van der Waals surface area (Å²) < 4.78 is 0.685. The maximum absolute atomic E-state index is 12.7. The lowest BCUT2D eigenvalue weighted by molar-refractivity contribution is -0.137. The highest BCUT2D eigenvalue weighted by Gasteiger charge is 2.29. The molecule has 1 aromatic rings. The third kappa shape index (κ3) is 4.12. The van der Waals surface area contributed by atoms with Gasteiger partial charge in [-0.05, 0) is 52.9 Å². The molecule has 1 saturated heterocycles. The summed E-state index contributed by atoms with van der Waals surface area (Å²) in [5.41, 5.74) is 1.07. The zero-order valence-electron chi connectivity index (χ0n) is 14.4. The van der Waals surface area contributed by atoms with E-state index in [1.807, 2.05) is 24.0 Å². The van der Waals surface area contributed by atoms with Gasteiger partial charge in [0.2, 0.25) is 5.91 Å². The smallest absolute Gasteiger partial charge is 0.225 e. The molecule has 0 aromatic heterocycles. The molecule has 1 amide bonds. The van der Waals surface area contributed by atoms with Gasteiger partial charge in [-0.2, -0.15) is 0 Å². The number of phenolic OH excluding ortho intramolecular Hbond substituents is 1. The van der Waals surface area contributed by atoms with Crippen LogP contribution in [0.3, 0.4) is 0 Å². The predicted octanol–water partition coefficient (Wildman–Crippen LogP) is 3.42. The molecular weight excluding hydrogens is 368 g/mol. The van der Waals surface area contributed by atoms with Crippen molar-refractivity contribution in [2.75, 3.05) is 26.2 Å². The van der Waals surface area contributed by atoms with Crippen molar-refractivity contribution in [3.8, 4) is 5.75 Å². The molecule has 0 spiro atoms. The van der Waals surface area contributed by atoms with E-state index in [2.05, 4.69) is 20.8 Å². The molecule has 5 heteroatoms. The van der Waals surface area contributed by atoms with Crippen LogP contribution in [0.15, 0.2) is 22.7 Å². The van der Waals surface area contributed by atoms with Crippen molar-refractivity contribution < 1.29 is 9.90 Å². The topological polar surface area (TPSA) is 43.8 Å². The number of amides is 1. The Morgan fingerprint density at radius 3 is 2.54 bits per heavy atom. The van der Waals surface area contributed by atoms with E-state index in [9.17, 15) is 9.90 Å². The van der Waals surface area contributed by atoms with Crippen molar-refractivity contribution in [2.45, 2.75) is 45.1 Å². The van der Waals surface area contributed by atoms with Gasteiger partial charge in [-0.1, -0.05) is 25.8 Å². The minimum Gasteiger partial charge on any atom is -0.507 e. The van der Waals surface area contributed by atoms with Crippen LogP contribution in [-0.2, 0) is 11.2 Å². The summed E-state index contributed by atoms with van der Waals surface area (Å²) in [4.78, 5) is 17.3. The SMILES string of the molecule is C[C@H](Cc1ccc(O)c(Br)c1)C(=O)N1CCN(C2CCCC2)CC1. The van der Waals surface area contributed by atoms with Gasteiger partial charge in [0.05, 0.1) is 4.47 Å². The maximum Gasteiger partial charge on any atom is 0.225 e. The second-order valence-corrected chi connectivity index (χ2v) is 8.04. The van der Waals surface area contributed by atoms with Gasteiger partial charge in [-0.25, -0.2) is 0 Å². The minimum atomic E-state index is -0.0283. The van der Waals surface area contributed by atoms with Gasteiger partial charge < -0.3 is 10.0 Å². The van der Waals surface area contributed by atoms with Gasteiger partial charge in [0.1, 0.15) is 5.75 Å². The number of nitrogens with zero attached hydrogens (tertiary/aromatic N) is 2. The van der Waals surface area contributed by atoms with Crippen LogP contribution in [-0.4, -0.2) is 53.0 Å². The first-order valence-electron chi connectivity index (χ1n) is 9.05. The molecular formula is C19H27BrN2O2. The van der Waals surface area contributed by atoms with E-state index in [1.165, 1.54) is 25.7 Å². The largest absolute Gasteiger partial charge is 0.507 e. The molecule has 24 heavy (non-hydrogen) atoms. The average Bonchev–Trinajstić information content (AvgIpc) is 3.12. The molecule has 1 aliphatic carbocycles. The van der Waals surface area contributed by atoms with Crippen LogP contribution in [0.1, 0.15) is 38.2 Å². The number of halogens is 1. The van der Waals surface area contributed by atoms with E-state index < -0.39 is 0 Å². The number of benzene rings is 1. The molecule has 0 unspecified atom stereocenters. The lowest BCUT2D eigenvalue weighted by Crippen LogP contribution is -2.52. The number of carbonyl (C=O) groups excluding carboxylic acids is 1. The molecule has 1 saturated carbocycles. The molecule has 3 rings (SSSR count). The number of phenols is 1. The zero-order valence-corrected chi connectivity index (χ0v) is 16.0. The predicted molar refractivity (Wildman–Crippen MR) is 99.1 cm³/mol. The van der Waals surface area contributed by atoms with Gasteiger partial charge >= 0.3 is 0 Å². The van der Waals surface area contributed by atoms with Crippen molar-refractivity contribution in [3.05, 3.63) is 28.2 Å². The van der Waals surface area contributed by atoms with Crippen LogP contribution in [0.2, 0.25) is 0 Å². The molecule has 1 heterocycles.